The maximum atomic E-state index is 15.2. The van der Waals surface area contributed by atoms with Crippen LogP contribution in [-0.2, 0) is 49.6 Å². The molecule has 1 fully saturated rings. The Labute approximate surface area is 420 Å². The summed E-state index contributed by atoms with van der Waals surface area (Å²) >= 11 is 0. The number of aliphatic imine (C=N–C) groups is 2. The molecule has 1 aliphatic rings. The molecule has 2 heterocycles. The maximum absolute atomic E-state index is 15.2. The Kier molecular flexibility index (Phi) is 28.0. The lowest BCUT2D eigenvalue weighted by molar-refractivity contribution is -0.137. The van der Waals surface area contributed by atoms with Crippen molar-refractivity contribution in [2.75, 3.05) is 45.8 Å². The van der Waals surface area contributed by atoms with E-state index in [2.05, 4.69) is 51.9 Å². The molecule has 0 spiro atoms. The number of guanidine groups is 1. The summed E-state index contributed by atoms with van der Waals surface area (Å²) in [7, 11) is 0. The molecule has 1 aromatic heterocycles. The molecule has 0 saturated carbocycles. The lowest BCUT2D eigenvalue weighted by Crippen LogP contribution is -2.60. The third kappa shape index (κ3) is 22.1. The topological polar surface area (TPSA) is 505 Å². The van der Waals surface area contributed by atoms with Gasteiger partial charge in [-0.05, 0) is 77.9 Å². The molecule has 0 aromatic carbocycles. The van der Waals surface area contributed by atoms with Crippen LogP contribution in [0, 0.1) is 0 Å². The molecule has 8 amide bonds. The quantitative estimate of drug-likeness (QED) is 0.0135. The molecule has 29 nitrogen and oxygen atoms in total. The van der Waals surface area contributed by atoms with Gasteiger partial charge in [0, 0.05) is 37.8 Å². The molecule has 1 aliphatic heterocycles. The summed E-state index contributed by atoms with van der Waals surface area (Å²) in [5, 5.41) is 34.4. The van der Waals surface area contributed by atoms with Crippen LogP contribution in [0.3, 0.4) is 0 Å². The number of halogens is 1. The van der Waals surface area contributed by atoms with E-state index in [0.717, 1.165) is 4.90 Å². The highest BCUT2D eigenvalue weighted by Crippen LogP contribution is 2.22. The van der Waals surface area contributed by atoms with Gasteiger partial charge in [-0.3, -0.25) is 43.3 Å². The fourth-order valence-electron chi connectivity index (χ4n) is 7.09. The number of rotatable bonds is 33. The van der Waals surface area contributed by atoms with E-state index in [1.807, 2.05) is 0 Å². The zero-order chi connectivity index (χ0) is 54.6. The van der Waals surface area contributed by atoms with E-state index >= 15 is 4.39 Å². The first-order valence-corrected chi connectivity index (χ1v) is 23.7. The minimum Gasteiger partial charge on any atom is -0.477 e. The van der Waals surface area contributed by atoms with Crippen molar-refractivity contribution in [3.63, 3.8) is 0 Å². The zero-order valence-corrected chi connectivity index (χ0v) is 40.9. The fraction of sp³-hybridized carbons (Fsp3) is 0.628. The normalized spacial score (nSPS) is 17.2. The summed E-state index contributed by atoms with van der Waals surface area (Å²) in [5.74, 6) is -9.28. The molecule has 23 N–H and O–H groups in total. The molecule has 8 atom stereocenters. The summed E-state index contributed by atoms with van der Waals surface area (Å²) in [6.45, 7) is 0.0354. The number of carboxylic acids is 1. The van der Waals surface area contributed by atoms with Gasteiger partial charge in [0.2, 0.25) is 35.4 Å². The summed E-state index contributed by atoms with van der Waals surface area (Å²) in [5.41, 5.74) is 38.3. The number of nitrogens with two attached hydrogens (primary N) is 7. The standard InChI is InChI=1S/C43H73FN18O11/c1-23(56-40(70)34(32(63)18-48)61-36(66)26(49)8-2-4-12-45)35(65)54-20-33(64)57-28(10-6-14-47)41(71)62-21-24(44)16-31(62)39(69)60-30(17-25-19-52-22-55-25)38(68)58-27(9-3-5-13-46)37(67)59-29(42(72)73)11-7-15-53-43(50)51/h11,19,22-24,26-27,30-32,34,63H,2-10,12-18,20-21,45-49H2,1H3,(H,52,55)(H,54,65)(H,56,70)(H,58,68)(H,59,67)(H,60,69)(H,61,66)(H,72,73)(H4,50,51,53)/b29-11-,57-28?/t23-,24-,26-,27-,30-,31-,32-,34-/m0/s1. The predicted molar refractivity (Wildman–Crippen MR) is 262 cm³/mol. The number of unbranched alkanes of at least 4 members (excludes halogenated alkanes) is 2. The van der Waals surface area contributed by atoms with Crippen LogP contribution in [0.15, 0.2) is 34.3 Å². The Morgan fingerprint density at radius 1 is 0.877 bits per heavy atom. The molecule has 408 valence electrons. The highest BCUT2D eigenvalue weighted by Gasteiger charge is 2.42. The van der Waals surface area contributed by atoms with Crippen molar-refractivity contribution in [3.8, 4) is 0 Å². The first-order valence-electron chi connectivity index (χ1n) is 23.7. The second kappa shape index (κ2) is 32.9. The summed E-state index contributed by atoms with van der Waals surface area (Å²) in [6, 6.07) is -8.37. The second-order valence-electron chi connectivity index (χ2n) is 17.0. The van der Waals surface area contributed by atoms with Crippen molar-refractivity contribution in [2.45, 2.75) is 126 Å². The summed E-state index contributed by atoms with van der Waals surface area (Å²) in [6.07, 6.45) is 1.80. The van der Waals surface area contributed by atoms with Gasteiger partial charge in [-0.1, -0.05) is 12.5 Å². The number of amides is 8. The SMILES string of the molecule is C[C@H](NC(=O)[C@@H](NC(=O)[C@@H](N)CCCCN)[C@@H](O)CN)C(=O)NCC(=O)N=C(CCCN)C(=O)N1C[C@@H](F)C[C@H]1C(=O)N[C@@H](Cc1cnc[nH]1)C(=O)N[C@@H](CCCCN)C(=O)N/C(=C\CCN=C(N)N)C(=O)O. The van der Waals surface area contributed by atoms with Crippen molar-refractivity contribution in [3.05, 3.63) is 30.0 Å². The van der Waals surface area contributed by atoms with Crippen molar-refractivity contribution in [1.82, 2.24) is 46.8 Å². The van der Waals surface area contributed by atoms with Gasteiger partial charge in [-0.15, -0.1) is 0 Å². The van der Waals surface area contributed by atoms with Crippen molar-refractivity contribution < 1.29 is 57.8 Å². The third-order valence-electron chi connectivity index (χ3n) is 11.1. The highest BCUT2D eigenvalue weighted by molar-refractivity contribution is 6.40. The van der Waals surface area contributed by atoms with E-state index in [4.69, 9.17) is 40.1 Å². The predicted octanol–water partition coefficient (Wildman–Crippen LogP) is -6.67. The largest absolute Gasteiger partial charge is 0.477 e. The fourth-order valence-corrected chi connectivity index (χ4v) is 7.09. The minimum absolute atomic E-state index is 0.00792. The number of hydrogen-bond acceptors (Lipinski definition) is 17. The Morgan fingerprint density at radius 2 is 1.55 bits per heavy atom. The van der Waals surface area contributed by atoms with Gasteiger partial charge in [0.1, 0.15) is 47.8 Å². The zero-order valence-electron chi connectivity index (χ0n) is 40.9. The number of nitrogens with one attached hydrogen (secondary N) is 7. The number of H-pyrrole nitrogens is 1. The van der Waals surface area contributed by atoms with Gasteiger partial charge in [-0.25, -0.2) is 19.2 Å². The second-order valence-corrected chi connectivity index (χ2v) is 17.0. The third-order valence-corrected chi connectivity index (χ3v) is 11.1. The lowest BCUT2D eigenvalue weighted by Gasteiger charge is -2.27. The number of carbonyl (C=O) groups excluding carboxylic acids is 8. The average Bonchev–Trinajstić information content (AvgIpc) is 4.02. The molecule has 2 rings (SSSR count). The van der Waals surface area contributed by atoms with Crippen molar-refractivity contribution >= 4 is 64.9 Å². The van der Waals surface area contributed by atoms with Crippen LogP contribution in [0.4, 0.5) is 4.39 Å². The highest BCUT2D eigenvalue weighted by atomic mass is 19.1. The van der Waals surface area contributed by atoms with Gasteiger partial charge < -0.3 is 92.1 Å². The molecule has 0 bridgehead atoms. The van der Waals surface area contributed by atoms with E-state index < -0.39 is 139 Å². The van der Waals surface area contributed by atoms with Crippen LogP contribution >= 0.6 is 0 Å². The molecule has 1 aromatic rings. The number of nitrogens with zero attached hydrogens (tertiary/aromatic N) is 4. The number of alkyl halides is 1. The summed E-state index contributed by atoms with van der Waals surface area (Å²) < 4.78 is 15.2. The first-order chi connectivity index (χ1) is 34.7. The van der Waals surface area contributed by atoms with E-state index in [1.165, 1.54) is 25.5 Å². The van der Waals surface area contributed by atoms with Gasteiger partial charge >= 0.3 is 5.97 Å². The molecule has 1 saturated heterocycles. The van der Waals surface area contributed by atoms with Gasteiger partial charge in [0.15, 0.2) is 5.96 Å². The number of aromatic nitrogens is 2. The molecule has 0 unspecified atom stereocenters. The van der Waals surface area contributed by atoms with Crippen molar-refractivity contribution in [2.24, 2.45) is 50.1 Å². The number of hydrogen-bond donors (Lipinski definition) is 16. The molecule has 0 aliphatic carbocycles. The Balaban J connectivity index is 2.28. The van der Waals surface area contributed by atoms with Crippen LogP contribution in [0.2, 0.25) is 0 Å². The Bertz CT molecular complexity index is 2110. The van der Waals surface area contributed by atoms with Crippen LogP contribution in [0.5, 0.6) is 0 Å². The number of aliphatic carboxylic acids is 1. The Morgan fingerprint density at radius 3 is 2.15 bits per heavy atom. The minimum atomic E-state index is -1.74. The van der Waals surface area contributed by atoms with Gasteiger partial charge in [-0.2, -0.15) is 0 Å². The molecule has 0 radical (unpaired) electrons. The van der Waals surface area contributed by atoms with Gasteiger partial charge in [0.05, 0.1) is 31.6 Å². The molecule has 73 heavy (non-hydrogen) atoms. The van der Waals surface area contributed by atoms with Crippen LogP contribution < -0.4 is 72.0 Å². The van der Waals surface area contributed by atoms with Gasteiger partial charge in [0.25, 0.3) is 11.8 Å². The van der Waals surface area contributed by atoms with Crippen LogP contribution in [-0.4, -0.2) is 184 Å². The maximum Gasteiger partial charge on any atom is 0.352 e. The average molecular weight is 1040 g/mol. The first kappa shape index (κ1) is 62.1. The monoisotopic (exact) mass is 1040 g/mol. The number of likely N-dealkylation sites (tertiary alicyclic amines) is 1. The number of aliphatic hydroxyl groups excluding tert-OH is 1. The smallest absolute Gasteiger partial charge is 0.352 e. The van der Waals surface area contributed by atoms with Crippen molar-refractivity contribution in [1.29, 1.82) is 0 Å². The molecular weight excluding hydrogens is 964 g/mol. The van der Waals surface area contributed by atoms with E-state index in [9.17, 15) is 53.4 Å². The number of imidazole rings is 1. The van der Waals surface area contributed by atoms with Crippen LogP contribution in [0.25, 0.3) is 0 Å². The van der Waals surface area contributed by atoms with E-state index in [-0.39, 0.29) is 64.1 Å². The summed E-state index contributed by atoms with van der Waals surface area (Å²) in [4.78, 5) is 135. The number of carboxylic acid groups (broad SMARTS) is 1. The Hall–Kier alpha value is -6.99. The molecular formula is C43H73FN18O11. The van der Waals surface area contributed by atoms with E-state index in [0.29, 0.717) is 37.9 Å². The number of aromatic amines is 1. The van der Waals surface area contributed by atoms with Crippen LogP contribution in [0.1, 0.15) is 76.8 Å². The number of carbonyl (C=O) groups is 9. The number of aliphatic hydroxyl groups is 1. The van der Waals surface area contributed by atoms with E-state index in [1.54, 1.807) is 0 Å². The molecule has 30 heteroatoms. The lowest BCUT2D eigenvalue weighted by atomic mass is 10.1.